The fourth-order valence-electron chi connectivity index (χ4n) is 3.59. The summed E-state index contributed by atoms with van der Waals surface area (Å²) in [6.45, 7) is 3.26. The summed E-state index contributed by atoms with van der Waals surface area (Å²) in [5, 5.41) is 20.7. The summed E-state index contributed by atoms with van der Waals surface area (Å²) in [4.78, 5) is 38.8. The molecule has 1 fully saturated rings. The van der Waals surface area contributed by atoms with Crippen molar-refractivity contribution in [2.45, 2.75) is 44.5 Å². The second-order valence-electron chi connectivity index (χ2n) is 8.39. The van der Waals surface area contributed by atoms with Crippen molar-refractivity contribution < 1.29 is 29.3 Å². The number of carbonyl (C=O) groups is 2. The summed E-state index contributed by atoms with van der Waals surface area (Å²) in [7, 11) is 5.09. The lowest BCUT2D eigenvalue weighted by molar-refractivity contribution is -0.136. The maximum Gasteiger partial charge on any atom is 0.256 e. The van der Waals surface area contributed by atoms with E-state index < -0.39 is 18.3 Å². The van der Waals surface area contributed by atoms with E-state index in [2.05, 4.69) is 9.97 Å². The van der Waals surface area contributed by atoms with Crippen molar-refractivity contribution in [2.24, 2.45) is 0 Å². The smallest absolute Gasteiger partial charge is 0.256 e. The van der Waals surface area contributed by atoms with E-state index >= 15 is 0 Å². The van der Waals surface area contributed by atoms with Gasteiger partial charge in [0.25, 0.3) is 5.91 Å². The van der Waals surface area contributed by atoms with Gasteiger partial charge in [-0.05, 0) is 19.3 Å². The number of amides is 2. The average Bonchev–Trinajstić information content (AvgIpc) is 2.80. The van der Waals surface area contributed by atoms with Gasteiger partial charge in [-0.2, -0.15) is 0 Å². The zero-order chi connectivity index (χ0) is 24.4. The maximum absolute atomic E-state index is 13.1. The van der Waals surface area contributed by atoms with E-state index in [9.17, 15) is 19.8 Å². The summed E-state index contributed by atoms with van der Waals surface area (Å²) in [6, 6.07) is 0. The van der Waals surface area contributed by atoms with E-state index in [4.69, 9.17) is 9.47 Å². The van der Waals surface area contributed by atoms with Crippen molar-refractivity contribution in [1.82, 2.24) is 19.8 Å². The number of carbonyl (C=O) groups excluding carboxylic acids is 2. The van der Waals surface area contributed by atoms with Crippen LogP contribution in [0.1, 0.15) is 36.5 Å². The maximum atomic E-state index is 13.1. The molecular weight excluding hydrogens is 430 g/mol. The molecule has 0 spiro atoms. The molecule has 2 N–H and O–H groups in total. The molecule has 2 amide bonds. The number of hydrogen-bond donors (Lipinski definition) is 2. The zero-order valence-electron chi connectivity index (χ0n) is 20.0. The van der Waals surface area contributed by atoms with E-state index in [1.54, 1.807) is 14.7 Å². The minimum absolute atomic E-state index is 0.0424. The highest BCUT2D eigenvalue weighted by Crippen LogP contribution is 2.12. The lowest BCUT2D eigenvalue weighted by atomic mass is 10.1. The van der Waals surface area contributed by atoms with Crippen molar-refractivity contribution in [3.8, 4) is 0 Å². The van der Waals surface area contributed by atoms with Crippen LogP contribution in [0.5, 0.6) is 0 Å². The van der Waals surface area contributed by atoms with Crippen LogP contribution in [0.25, 0.3) is 0 Å². The Balaban J connectivity index is 2.13. The first-order valence-electron chi connectivity index (χ1n) is 11.3. The van der Waals surface area contributed by atoms with Crippen molar-refractivity contribution in [2.75, 3.05) is 65.5 Å². The highest BCUT2D eigenvalue weighted by Gasteiger charge is 2.29. The van der Waals surface area contributed by atoms with Crippen LogP contribution < -0.4 is 4.90 Å². The molecule has 0 saturated carbocycles. The fraction of sp³-hybridized carbons (Fsp3) is 0.727. The largest absolute Gasteiger partial charge is 0.388 e. The molecule has 2 rings (SSSR count). The first-order valence-corrected chi connectivity index (χ1v) is 11.3. The second-order valence-corrected chi connectivity index (χ2v) is 8.39. The normalized spacial score (nSPS) is 24.0. The Labute approximate surface area is 195 Å². The Morgan fingerprint density at radius 1 is 1.09 bits per heavy atom. The van der Waals surface area contributed by atoms with E-state index in [0.717, 1.165) is 0 Å². The Kier molecular flexibility index (Phi) is 10.9. The van der Waals surface area contributed by atoms with Crippen LogP contribution >= 0.6 is 0 Å². The van der Waals surface area contributed by atoms with Gasteiger partial charge in [0.2, 0.25) is 11.9 Å². The molecule has 0 unspecified atom stereocenters. The molecule has 33 heavy (non-hydrogen) atoms. The first-order chi connectivity index (χ1) is 15.7. The van der Waals surface area contributed by atoms with Crippen LogP contribution in [0.15, 0.2) is 12.4 Å². The lowest BCUT2D eigenvalue weighted by Crippen LogP contribution is -2.48. The van der Waals surface area contributed by atoms with E-state index in [-0.39, 0.29) is 25.0 Å². The van der Waals surface area contributed by atoms with Crippen LogP contribution in [-0.2, 0) is 14.3 Å². The van der Waals surface area contributed by atoms with Gasteiger partial charge in [-0.1, -0.05) is 0 Å². The molecule has 1 aliphatic rings. The number of methoxy groups -OCH3 is 1. The topological polar surface area (TPSA) is 129 Å². The standard InChI is InChI=1S/C22H37N5O6/c1-16(28)27-10-7-9-26(21(31)17-12-23-22(24-13-17)25(2)3)8-5-6-11-33-15-18(29)20(30)19(14-27)32-4/h12-13,18-20,29-30H,5-11,14-15H2,1-4H3/t18-,19-,20-/m0/s1. The Hall–Kier alpha value is -2.34. The van der Waals surface area contributed by atoms with Crippen molar-refractivity contribution in [1.29, 1.82) is 0 Å². The number of ether oxygens (including phenoxy) is 2. The SMILES string of the molecule is CO[C@H]1CN(C(C)=O)CCCN(C(=O)c2cnc(N(C)C)nc2)CCCCOC[C@H](O)[C@@H]1O. The fourth-order valence-corrected chi connectivity index (χ4v) is 3.59. The zero-order valence-corrected chi connectivity index (χ0v) is 20.0. The van der Waals surface area contributed by atoms with Crippen LogP contribution in [0.3, 0.4) is 0 Å². The molecule has 2 heterocycles. The van der Waals surface area contributed by atoms with E-state index in [0.29, 0.717) is 57.0 Å². The third-order valence-electron chi connectivity index (χ3n) is 5.61. The van der Waals surface area contributed by atoms with Crippen LogP contribution in [0.2, 0.25) is 0 Å². The first kappa shape index (κ1) is 26.9. The number of rotatable bonds is 3. The summed E-state index contributed by atoms with van der Waals surface area (Å²) in [5.41, 5.74) is 0.406. The van der Waals surface area contributed by atoms with Gasteiger partial charge >= 0.3 is 0 Å². The number of aliphatic hydroxyl groups is 2. The minimum atomic E-state index is -1.19. The molecule has 0 bridgehead atoms. The van der Waals surface area contributed by atoms with Crippen molar-refractivity contribution >= 4 is 17.8 Å². The summed E-state index contributed by atoms with van der Waals surface area (Å²) in [5.74, 6) is 0.181. The molecule has 0 radical (unpaired) electrons. The van der Waals surface area contributed by atoms with Crippen LogP contribution in [-0.4, -0.2) is 121 Å². The predicted molar refractivity (Wildman–Crippen MR) is 122 cm³/mol. The molecule has 1 aromatic heterocycles. The Bertz CT molecular complexity index is 747. The number of aliphatic hydroxyl groups excluding tert-OH is 2. The number of nitrogens with zero attached hydrogens (tertiary/aromatic N) is 5. The molecule has 1 saturated heterocycles. The van der Waals surface area contributed by atoms with Crippen molar-refractivity contribution in [3.05, 3.63) is 18.0 Å². The van der Waals surface area contributed by atoms with Crippen LogP contribution in [0, 0.1) is 0 Å². The second kappa shape index (κ2) is 13.4. The molecule has 1 aromatic rings. The Morgan fingerprint density at radius 2 is 1.73 bits per heavy atom. The lowest BCUT2D eigenvalue weighted by Gasteiger charge is -2.31. The molecule has 0 aliphatic carbocycles. The van der Waals surface area contributed by atoms with Gasteiger partial charge in [0.1, 0.15) is 18.3 Å². The summed E-state index contributed by atoms with van der Waals surface area (Å²) in [6.07, 6.45) is 1.92. The molecular formula is C22H37N5O6. The van der Waals surface area contributed by atoms with Gasteiger partial charge in [-0.15, -0.1) is 0 Å². The van der Waals surface area contributed by atoms with Crippen LogP contribution in [0.4, 0.5) is 5.95 Å². The third-order valence-corrected chi connectivity index (χ3v) is 5.61. The van der Waals surface area contributed by atoms with Gasteiger partial charge < -0.3 is 34.4 Å². The van der Waals surface area contributed by atoms with Gasteiger partial charge in [-0.25, -0.2) is 9.97 Å². The van der Waals surface area contributed by atoms with Gasteiger partial charge in [0, 0.05) is 73.3 Å². The summed E-state index contributed by atoms with van der Waals surface area (Å²) < 4.78 is 10.8. The van der Waals surface area contributed by atoms with E-state index in [1.807, 2.05) is 14.1 Å². The molecule has 1 aliphatic heterocycles. The highest BCUT2D eigenvalue weighted by atomic mass is 16.5. The average molecular weight is 468 g/mol. The molecule has 3 atom stereocenters. The quantitative estimate of drug-likeness (QED) is 0.619. The minimum Gasteiger partial charge on any atom is -0.388 e. The monoisotopic (exact) mass is 467 g/mol. The summed E-state index contributed by atoms with van der Waals surface area (Å²) >= 11 is 0. The number of aromatic nitrogens is 2. The van der Waals surface area contributed by atoms with E-state index in [1.165, 1.54) is 26.4 Å². The molecule has 11 nitrogen and oxygen atoms in total. The Morgan fingerprint density at radius 3 is 2.33 bits per heavy atom. The highest BCUT2D eigenvalue weighted by molar-refractivity contribution is 5.93. The van der Waals surface area contributed by atoms with Gasteiger partial charge in [0.15, 0.2) is 0 Å². The number of anilines is 1. The molecule has 186 valence electrons. The third kappa shape index (κ3) is 8.18. The van der Waals surface area contributed by atoms with Gasteiger partial charge in [0.05, 0.1) is 12.2 Å². The molecule has 11 heteroatoms. The molecule has 0 aromatic carbocycles. The van der Waals surface area contributed by atoms with Gasteiger partial charge in [-0.3, -0.25) is 9.59 Å². The number of hydrogen-bond acceptors (Lipinski definition) is 9. The predicted octanol–water partition coefficient (Wildman–Crippen LogP) is -0.229. The van der Waals surface area contributed by atoms with Crippen molar-refractivity contribution in [3.63, 3.8) is 0 Å².